The Morgan fingerprint density at radius 1 is 1.35 bits per heavy atom. The number of carbonyl (C=O) groups is 1. The van der Waals surface area contributed by atoms with Gasteiger partial charge in [0, 0.05) is 6.54 Å². The van der Waals surface area contributed by atoms with Crippen LogP contribution in [0.3, 0.4) is 0 Å². The van der Waals surface area contributed by atoms with Crippen molar-refractivity contribution >= 4 is 5.91 Å². The van der Waals surface area contributed by atoms with E-state index in [1.54, 1.807) is 0 Å². The zero-order valence-electron chi connectivity index (χ0n) is 13.7. The molecular weight excluding hydrogens is 294 g/mol. The molecule has 0 saturated carbocycles. The molecule has 0 aliphatic rings. The number of aliphatic hydroxyl groups is 1. The molecule has 3 N–H and O–H groups in total. The second-order valence-corrected chi connectivity index (χ2v) is 5.81. The van der Waals surface area contributed by atoms with E-state index in [1.807, 2.05) is 45.0 Å². The Bertz CT molecular complexity index is 679. The van der Waals surface area contributed by atoms with Gasteiger partial charge in [0.15, 0.2) is 11.4 Å². The molecule has 1 aromatic carbocycles. The van der Waals surface area contributed by atoms with Gasteiger partial charge in [-0.15, -0.1) is 0 Å². The number of rotatable bonds is 6. The van der Waals surface area contributed by atoms with Crippen molar-refractivity contribution in [3.05, 3.63) is 41.7 Å². The molecule has 23 heavy (non-hydrogen) atoms. The Hall–Kier alpha value is -2.34. The minimum atomic E-state index is -0.635. The lowest BCUT2D eigenvalue weighted by Gasteiger charge is -2.14. The summed E-state index contributed by atoms with van der Waals surface area (Å²) in [5, 5.41) is 26.5. The van der Waals surface area contributed by atoms with Crippen LogP contribution in [0.25, 0.3) is 5.69 Å². The third-order valence-corrected chi connectivity index (χ3v) is 3.77. The molecule has 0 bridgehead atoms. The molecule has 1 unspecified atom stereocenters. The van der Waals surface area contributed by atoms with E-state index in [0.717, 1.165) is 17.7 Å². The standard InChI is InChI=1S/C17H23N3O3/c1-4-12-7-5-6-8-13(12)20-10-15(22)16(19-20)17(23)18-9-14(21)11(2)3/h5-8,10-11,14,21-22H,4,9H2,1-3H3,(H,18,23). The summed E-state index contributed by atoms with van der Waals surface area (Å²) in [5.41, 5.74) is 1.84. The lowest BCUT2D eigenvalue weighted by atomic mass is 10.1. The second kappa shape index (κ2) is 7.28. The highest BCUT2D eigenvalue weighted by Crippen LogP contribution is 2.21. The molecule has 1 amide bonds. The summed E-state index contributed by atoms with van der Waals surface area (Å²) in [7, 11) is 0. The molecule has 0 aliphatic carbocycles. The van der Waals surface area contributed by atoms with Crippen LogP contribution in [0.5, 0.6) is 5.75 Å². The lowest BCUT2D eigenvalue weighted by molar-refractivity contribution is 0.0864. The molecule has 124 valence electrons. The monoisotopic (exact) mass is 317 g/mol. The average Bonchev–Trinajstić information content (AvgIpc) is 2.93. The Kier molecular flexibility index (Phi) is 5.39. The first-order chi connectivity index (χ1) is 10.9. The van der Waals surface area contributed by atoms with Gasteiger partial charge in [-0.05, 0) is 24.0 Å². The Morgan fingerprint density at radius 3 is 2.70 bits per heavy atom. The largest absolute Gasteiger partial charge is 0.504 e. The van der Waals surface area contributed by atoms with Crippen LogP contribution in [0, 0.1) is 5.92 Å². The number of para-hydroxylation sites is 1. The van der Waals surface area contributed by atoms with E-state index >= 15 is 0 Å². The number of aromatic nitrogens is 2. The van der Waals surface area contributed by atoms with E-state index in [4.69, 9.17) is 0 Å². The molecule has 1 heterocycles. The van der Waals surface area contributed by atoms with Crippen LogP contribution < -0.4 is 5.32 Å². The Labute approximate surface area is 135 Å². The lowest BCUT2D eigenvalue weighted by Crippen LogP contribution is -2.35. The number of benzene rings is 1. The van der Waals surface area contributed by atoms with Gasteiger partial charge >= 0.3 is 0 Å². The number of amides is 1. The van der Waals surface area contributed by atoms with Gasteiger partial charge in [0.25, 0.3) is 5.91 Å². The van der Waals surface area contributed by atoms with E-state index < -0.39 is 12.0 Å². The maximum atomic E-state index is 12.1. The molecule has 0 saturated heterocycles. The number of carbonyl (C=O) groups excluding carboxylic acids is 1. The van der Waals surface area contributed by atoms with Crippen LogP contribution in [0.4, 0.5) is 0 Å². The van der Waals surface area contributed by atoms with Gasteiger partial charge in [-0.25, -0.2) is 4.68 Å². The summed E-state index contributed by atoms with van der Waals surface area (Å²) < 4.78 is 1.50. The van der Waals surface area contributed by atoms with Crippen molar-refractivity contribution in [2.75, 3.05) is 6.54 Å². The first-order valence-corrected chi connectivity index (χ1v) is 7.77. The van der Waals surface area contributed by atoms with E-state index in [0.29, 0.717) is 0 Å². The van der Waals surface area contributed by atoms with Gasteiger partial charge in [-0.1, -0.05) is 39.0 Å². The van der Waals surface area contributed by atoms with Crippen molar-refractivity contribution in [3.8, 4) is 11.4 Å². The van der Waals surface area contributed by atoms with Crippen LogP contribution in [0.15, 0.2) is 30.5 Å². The van der Waals surface area contributed by atoms with Crippen molar-refractivity contribution in [3.63, 3.8) is 0 Å². The molecule has 0 fully saturated rings. The zero-order chi connectivity index (χ0) is 17.0. The summed E-state index contributed by atoms with van der Waals surface area (Å²) in [6, 6.07) is 7.68. The van der Waals surface area contributed by atoms with Crippen LogP contribution in [-0.4, -0.2) is 38.5 Å². The van der Waals surface area contributed by atoms with Gasteiger partial charge in [0.05, 0.1) is 18.0 Å². The zero-order valence-corrected chi connectivity index (χ0v) is 13.7. The summed E-state index contributed by atoms with van der Waals surface area (Å²) in [6.07, 6.45) is 1.60. The summed E-state index contributed by atoms with van der Waals surface area (Å²) in [5.74, 6) is -0.653. The fourth-order valence-electron chi connectivity index (χ4n) is 2.20. The molecule has 2 rings (SSSR count). The van der Waals surface area contributed by atoms with Crippen LogP contribution in [0.1, 0.15) is 36.8 Å². The first kappa shape index (κ1) is 17.0. The SMILES string of the molecule is CCc1ccccc1-n1cc(O)c(C(=O)NCC(O)C(C)C)n1. The number of aromatic hydroxyl groups is 1. The number of hydrogen-bond acceptors (Lipinski definition) is 4. The number of hydrogen-bond donors (Lipinski definition) is 3. The van der Waals surface area contributed by atoms with Crippen LogP contribution in [-0.2, 0) is 6.42 Å². The first-order valence-electron chi connectivity index (χ1n) is 7.77. The molecular formula is C17H23N3O3. The number of aliphatic hydroxyl groups excluding tert-OH is 1. The van der Waals surface area contributed by atoms with Crippen molar-refractivity contribution in [1.29, 1.82) is 0 Å². The van der Waals surface area contributed by atoms with Crippen LogP contribution in [0.2, 0.25) is 0 Å². The van der Waals surface area contributed by atoms with Gasteiger partial charge in [-0.3, -0.25) is 4.79 Å². The highest BCUT2D eigenvalue weighted by molar-refractivity contribution is 5.94. The molecule has 2 aromatic rings. The highest BCUT2D eigenvalue weighted by atomic mass is 16.3. The van der Waals surface area contributed by atoms with Crippen molar-refractivity contribution in [2.45, 2.75) is 33.3 Å². The van der Waals surface area contributed by atoms with Crippen molar-refractivity contribution < 1.29 is 15.0 Å². The fraction of sp³-hybridized carbons (Fsp3) is 0.412. The third kappa shape index (κ3) is 3.90. The molecule has 1 aromatic heterocycles. The van der Waals surface area contributed by atoms with Gasteiger partial charge in [0.2, 0.25) is 0 Å². The number of nitrogens with zero attached hydrogens (tertiary/aromatic N) is 2. The van der Waals surface area contributed by atoms with Gasteiger partial charge in [-0.2, -0.15) is 5.10 Å². The quantitative estimate of drug-likeness (QED) is 0.759. The summed E-state index contributed by atoms with van der Waals surface area (Å²) in [6.45, 7) is 5.88. The predicted molar refractivity (Wildman–Crippen MR) is 87.8 cm³/mol. The molecule has 6 nitrogen and oxygen atoms in total. The smallest absolute Gasteiger partial charge is 0.275 e. The van der Waals surface area contributed by atoms with E-state index in [9.17, 15) is 15.0 Å². The molecule has 0 spiro atoms. The van der Waals surface area contributed by atoms with Crippen molar-refractivity contribution in [1.82, 2.24) is 15.1 Å². The van der Waals surface area contributed by atoms with Gasteiger partial charge < -0.3 is 15.5 Å². The van der Waals surface area contributed by atoms with E-state index in [1.165, 1.54) is 10.9 Å². The van der Waals surface area contributed by atoms with Crippen molar-refractivity contribution in [2.24, 2.45) is 5.92 Å². The highest BCUT2D eigenvalue weighted by Gasteiger charge is 2.19. The predicted octanol–water partition coefficient (Wildman–Crippen LogP) is 1.89. The number of nitrogens with one attached hydrogen (secondary N) is 1. The maximum Gasteiger partial charge on any atom is 0.275 e. The Morgan fingerprint density at radius 2 is 2.04 bits per heavy atom. The molecule has 1 atom stereocenters. The average molecular weight is 317 g/mol. The Balaban J connectivity index is 2.19. The topological polar surface area (TPSA) is 87.4 Å². The summed E-state index contributed by atoms with van der Waals surface area (Å²) in [4.78, 5) is 12.1. The minimum absolute atomic E-state index is 0.0397. The van der Waals surface area contributed by atoms with E-state index in [-0.39, 0.29) is 23.9 Å². The van der Waals surface area contributed by atoms with Crippen LogP contribution >= 0.6 is 0 Å². The number of aryl methyl sites for hydroxylation is 1. The van der Waals surface area contributed by atoms with E-state index in [2.05, 4.69) is 10.4 Å². The fourth-order valence-corrected chi connectivity index (χ4v) is 2.20. The second-order valence-electron chi connectivity index (χ2n) is 5.81. The molecule has 6 heteroatoms. The summed E-state index contributed by atoms with van der Waals surface area (Å²) >= 11 is 0. The maximum absolute atomic E-state index is 12.1. The normalized spacial score (nSPS) is 12.4. The van der Waals surface area contributed by atoms with Gasteiger partial charge in [0.1, 0.15) is 0 Å². The molecule has 0 radical (unpaired) electrons. The minimum Gasteiger partial charge on any atom is -0.504 e. The molecule has 0 aliphatic heterocycles. The third-order valence-electron chi connectivity index (χ3n) is 3.77.